The fourth-order valence-corrected chi connectivity index (χ4v) is 3.28. The summed E-state index contributed by atoms with van der Waals surface area (Å²) in [5, 5.41) is 8.73. The van der Waals surface area contributed by atoms with Gasteiger partial charge in [-0.3, -0.25) is 4.79 Å². The Morgan fingerprint density at radius 3 is 2.64 bits per heavy atom. The van der Waals surface area contributed by atoms with Crippen LogP contribution < -0.4 is 0 Å². The van der Waals surface area contributed by atoms with Crippen LogP contribution >= 0.6 is 11.8 Å². The first-order valence-corrected chi connectivity index (χ1v) is 6.65. The van der Waals surface area contributed by atoms with Crippen LogP contribution in [0.15, 0.2) is 0 Å². The lowest BCUT2D eigenvalue weighted by Gasteiger charge is -2.11. The van der Waals surface area contributed by atoms with E-state index in [1.807, 2.05) is 11.8 Å². The van der Waals surface area contributed by atoms with Crippen LogP contribution in [-0.2, 0) is 4.79 Å². The molecule has 2 saturated carbocycles. The fraction of sp³-hybridized carbons (Fsp3) is 0.909. The molecule has 2 fully saturated rings. The summed E-state index contributed by atoms with van der Waals surface area (Å²) in [5.74, 6) is 2.71. The molecule has 2 aliphatic carbocycles. The number of hydrogen-bond donors (Lipinski definition) is 1. The van der Waals surface area contributed by atoms with Gasteiger partial charge in [-0.25, -0.2) is 0 Å². The molecule has 2 nitrogen and oxygen atoms in total. The van der Waals surface area contributed by atoms with Gasteiger partial charge in [-0.1, -0.05) is 12.8 Å². The molecule has 0 aromatic heterocycles. The molecule has 0 atom stereocenters. The number of hydrogen-bond acceptors (Lipinski definition) is 2. The highest BCUT2D eigenvalue weighted by Gasteiger charge is 2.44. The standard InChI is InChI=1S/C11H18O2S/c12-10(13)7-11(4-5-11)8-14-6-3-9-1-2-9/h9H,1-8H2,(H,12,13). The van der Waals surface area contributed by atoms with Crippen molar-refractivity contribution in [2.75, 3.05) is 11.5 Å². The Hall–Kier alpha value is -0.180. The SMILES string of the molecule is O=C(O)CC1(CSCCC2CC2)CC1. The highest BCUT2D eigenvalue weighted by molar-refractivity contribution is 7.99. The average Bonchev–Trinajstić information content (AvgIpc) is 2.93. The van der Waals surface area contributed by atoms with E-state index in [4.69, 9.17) is 5.11 Å². The van der Waals surface area contributed by atoms with Crippen LogP contribution in [0.1, 0.15) is 38.5 Å². The molecule has 0 amide bonds. The lowest BCUT2D eigenvalue weighted by atomic mass is 10.1. The van der Waals surface area contributed by atoms with E-state index < -0.39 is 5.97 Å². The highest BCUT2D eigenvalue weighted by atomic mass is 32.2. The van der Waals surface area contributed by atoms with Gasteiger partial charge in [0.05, 0.1) is 6.42 Å². The molecule has 0 saturated heterocycles. The Bertz CT molecular complexity index is 219. The number of aliphatic carboxylic acids is 1. The van der Waals surface area contributed by atoms with Crippen molar-refractivity contribution >= 4 is 17.7 Å². The van der Waals surface area contributed by atoms with Gasteiger partial charge in [0, 0.05) is 0 Å². The van der Waals surface area contributed by atoms with Gasteiger partial charge in [-0.05, 0) is 42.1 Å². The minimum atomic E-state index is -0.620. The molecule has 0 unspecified atom stereocenters. The Kier molecular flexibility index (Phi) is 3.05. The molecule has 0 spiro atoms. The Balaban J connectivity index is 1.56. The Morgan fingerprint density at radius 1 is 1.43 bits per heavy atom. The summed E-state index contributed by atoms with van der Waals surface area (Å²) in [6.07, 6.45) is 6.88. The summed E-state index contributed by atoms with van der Waals surface area (Å²) >= 11 is 1.97. The first-order chi connectivity index (χ1) is 6.70. The minimum Gasteiger partial charge on any atom is -0.481 e. The maximum Gasteiger partial charge on any atom is 0.303 e. The summed E-state index contributed by atoms with van der Waals surface area (Å²) in [6, 6.07) is 0. The predicted molar refractivity (Wildman–Crippen MR) is 58.6 cm³/mol. The van der Waals surface area contributed by atoms with Gasteiger partial charge in [0.2, 0.25) is 0 Å². The van der Waals surface area contributed by atoms with Crippen molar-refractivity contribution in [2.45, 2.75) is 38.5 Å². The van der Waals surface area contributed by atoms with Crippen LogP contribution in [0.5, 0.6) is 0 Å². The number of carbonyl (C=O) groups is 1. The highest BCUT2D eigenvalue weighted by Crippen LogP contribution is 2.51. The molecule has 0 aliphatic heterocycles. The second-order valence-corrected chi connectivity index (χ2v) is 5.96. The van der Waals surface area contributed by atoms with Crippen LogP contribution in [0.3, 0.4) is 0 Å². The predicted octanol–water partition coefficient (Wildman–Crippen LogP) is 2.77. The van der Waals surface area contributed by atoms with Crippen molar-refractivity contribution in [2.24, 2.45) is 11.3 Å². The Morgan fingerprint density at radius 2 is 2.14 bits per heavy atom. The van der Waals surface area contributed by atoms with Gasteiger partial charge in [-0.2, -0.15) is 11.8 Å². The van der Waals surface area contributed by atoms with Gasteiger partial charge >= 0.3 is 5.97 Å². The zero-order valence-electron chi connectivity index (χ0n) is 8.50. The second-order valence-electron chi connectivity index (χ2n) is 4.86. The molecule has 1 N–H and O–H groups in total. The molecule has 14 heavy (non-hydrogen) atoms. The molecular formula is C11H18O2S. The van der Waals surface area contributed by atoms with E-state index in [1.165, 1.54) is 25.0 Å². The normalized spacial score (nSPS) is 23.4. The lowest BCUT2D eigenvalue weighted by Crippen LogP contribution is -2.11. The molecule has 0 heterocycles. The third kappa shape index (κ3) is 3.19. The van der Waals surface area contributed by atoms with Crippen molar-refractivity contribution in [3.8, 4) is 0 Å². The number of carboxylic acid groups (broad SMARTS) is 1. The molecule has 0 aromatic rings. The molecular weight excluding hydrogens is 196 g/mol. The molecule has 0 radical (unpaired) electrons. The topological polar surface area (TPSA) is 37.3 Å². The third-order valence-corrected chi connectivity index (χ3v) is 4.60. The zero-order chi connectivity index (χ0) is 10.0. The van der Waals surface area contributed by atoms with E-state index >= 15 is 0 Å². The maximum atomic E-state index is 10.6. The number of thioether (sulfide) groups is 1. The van der Waals surface area contributed by atoms with Crippen molar-refractivity contribution in [1.29, 1.82) is 0 Å². The van der Waals surface area contributed by atoms with E-state index in [0.29, 0.717) is 6.42 Å². The number of carboxylic acids is 1. The van der Waals surface area contributed by atoms with Crippen LogP contribution in [0.4, 0.5) is 0 Å². The largest absolute Gasteiger partial charge is 0.481 e. The smallest absolute Gasteiger partial charge is 0.303 e. The molecule has 2 aliphatic rings. The Labute approximate surface area is 89.5 Å². The van der Waals surface area contributed by atoms with Crippen LogP contribution in [-0.4, -0.2) is 22.6 Å². The quantitative estimate of drug-likeness (QED) is 0.662. The van der Waals surface area contributed by atoms with Gasteiger partial charge in [0.15, 0.2) is 0 Å². The number of rotatable bonds is 7. The molecule has 80 valence electrons. The summed E-state index contributed by atoms with van der Waals surface area (Å²) < 4.78 is 0. The van der Waals surface area contributed by atoms with Crippen molar-refractivity contribution < 1.29 is 9.90 Å². The van der Waals surface area contributed by atoms with Crippen LogP contribution in [0.25, 0.3) is 0 Å². The van der Waals surface area contributed by atoms with E-state index in [9.17, 15) is 4.79 Å². The third-order valence-electron chi connectivity index (χ3n) is 3.26. The van der Waals surface area contributed by atoms with Crippen LogP contribution in [0.2, 0.25) is 0 Å². The second kappa shape index (κ2) is 4.13. The van der Waals surface area contributed by atoms with Gasteiger partial charge in [-0.15, -0.1) is 0 Å². The van der Waals surface area contributed by atoms with Gasteiger partial charge < -0.3 is 5.11 Å². The van der Waals surface area contributed by atoms with Crippen LogP contribution in [0, 0.1) is 11.3 Å². The fourth-order valence-electron chi connectivity index (χ4n) is 1.81. The molecule has 2 rings (SSSR count). The molecule has 0 aromatic carbocycles. The van der Waals surface area contributed by atoms with Crippen molar-refractivity contribution in [3.63, 3.8) is 0 Å². The van der Waals surface area contributed by atoms with Gasteiger partial charge in [0.1, 0.15) is 0 Å². The molecule has 3 heteroatoms. The first-order valence-electron chi connectivity index (χ1n) is 5.50. The average molecular weight is 214 g/mol. The molecule has 0 bridgehead atoms. The maximum absolute atomic E-state index is 10.6. The first kappa shape index (κ1) is 10.3. The summed E-state index contributed by atoms with van der Waals surface area (Å²) in [4.78, 5) is 10.6. The van der Waals surface area contributed by atoms with Crippen molar-refractivity contribution in [1.82, 2.24) is 0 Å². The van der Waals surface area contributed by atoms with E-state index in [2.05, 4.69) is 0 Å². The van der Waals surface area contributed by atoms with E-state index in [1.54, 1.807) is 0 Å². The van der Waals surface area contributed by atoms with E-state index in [0.717, 1.165) is 24.5 Å². The van der Waals surface area contributed by atoms with E-state index in [-0.39, 0.29) is 5.41 Å². The minimum absolute atomic E-state index is 0.194. The summed E-state index contributed by atoms with van der Waals surface area (Å²) in [5.41, 5.74) is 0.194. The van der Waals surface area contributed by atoms with Gasteiger partial charge in [0.25, 0.3) is 0 Å². The summed E-state index contributed by atoms with van der Waals surface area (Å²) in [7, 11) is 0. The zero-order valence-corrected chi connectivity index (χ0v) is 9.31. The monoisotopic (exact) mass is 214 g/mol. The summed E-state index contributed by atoms with van der Waals surface area (Å²) in [6.45, 7) is 0. The lowest BCUT2D eigenvalue weighted by molar-refractivity contribution is -0.138. The van der Waals surface area contributed by atoms with Crippen molar-refractivity contribution in [3.05, 3.63) is 0 Å².